The highest BCUT2D eigenvalue weighted by molar-refractivity contribution is 5.25. The minimum atomic E-state index is -0.0233. The normalized spacial score (nSPS) is 18.9. The predicted molar refractivity (Wildman–Crippen MR) is 75.9 cm³/mol. The third kappa shape index (κ3) is 4.05. The Bertz CT molecular complexity index is 405. The highest BCUT2D eigenvalue weighted by Crippen LogP contribution is 2.20. The van der Waals surface area contributed by atoms with Crippen LogP contribution in [-0.4, -0.2) is 37.2 Å². The van der Waals surface area contributed by atoms with Gasteiger partial charge in [-0.3, -0.25) is 0 Å². The number of hydrogen-bond donors (Lipinski definition) is 0. The van der Waals surface area contributed by atoms with E-state index in [1.54, 1.807) is 0 Å². The van der Waals surface area contributed by atoms with Crippen molar-refractivity contribution in [1.29, 1.82) is 5.26 Å². The Hall–Kier alpha value is -1.37. The summed E-state index contributed by atoms with van der Waals surface area (Å²) in [5.74, 6) is -0.0233. The van der Waals surface area contributed by atoms with Gasteiger partial charge in [0.15, 0.2) is 0 Å². The van der Waals surface area contributed by atoms with Gasteiger partial charge in [-0.05, 0) is 25.3 Å². The number of rotatable bonds is 5. The van der Waals surface area contributed by atoms with Gasteiger partial charge in [-0.1, -0.05) is 30.3 Å². The fourth-order valence-corrected chi connectivity index (χ4v) is 2.66. The zero-order chi connectivity index (χ0) is 13.5. The number of benzene rings is 1. The van der Waals surface area contributed by atoms with Crippen molar-refractivity contribution in [2.24, 2.45) is 0 Å². The van der Waals surface area contributed by atoms with Gasteiger partial charge in [0, 0.05) is 26.2 Å². The van der Waals surface area contributed by atoms with Crippen LogP contribution < -0.4 is 0 Å². The van der Waals surface area contributed by atoms with E-state index in [1.807, 2.05) is 37.3 Å². The molecule has 3 nitrogen and oxygen atoms in total. The number of ether oxygens (including phenoxy) is 1. The lowest BCUT2D eigenvalue weighted by atomic mass is 9.98. The molecule has 1 unspecified atom stereocenters. The van der Waals surface area contributed by atoms with Crippen molar-refractivity contribution in [3.05, 3.63) is 35.9 Å². The van der Waals surface area contributed by atoms with Gasteiger partial charge in [-0.15, -0.1) is 0 Å². The number of likely N-dealkylation sites (tertiary alicyclic amines) is 1. The monoisotopic (exact) mass is 258 g/mol. The molecular formula is C16H22N2O. The number of nitrogens with zero attached hydrogens (tertiary/aromatic N) is 2. The first-order valence-electron chi connectivity index (χ1n) is 7.12. The van der Waals surface area contributed by atoms with E-state index in [-0.39, 0.29) is 5.92 Å². The Morgan fingerprint density at radius 3 is 2.58 bits per heavy atom. The van der Waals surface area contributed by atoms with Crippen LogP contribution >= 0.6 is 0 Å². The summed E-state index contributed by atoms with van der Waals surface area (Å²) in [7, 11) is 0. The summed E-state index contributed by atoms with van der Waals surface area (Å²) < 4.78 is 5.66. The fraction of sp³-hybridized carbons (Fsp3) is 0.562. The first kappa shape index (κ1) is 14.0. The van der Waals surface area contributed by atoms with Crippen molar-refractivity contribution in [1.82, 2.24) is 4.90 Å². The third-order valence-electron chi connectivity index (χ3n) is 3.74. The Labute approximate surface area is 115 Å². The van der Waals surface area contributed by atoms with E-state index < -0.39 is 0 Å². The molecule has 0 aromatic heterocycles. The average molecular weight is 258 g/mol. The zero-order valence-electron chi connectivity index (χ0n) is 11.6. The second-order valence-corrected chi connectivity index (χ2v) is 5.05. The standard InChI is InChI=1S/C16H22N2O/c1-2-19-16-8-10-18(11-9-16)13-15(12-17)14-6-4-3-5-7-14/h3-7,15-16H,2,8-11,13H2,1H3. The van der Waals surface area contributed by atoms with Crippen LogP contribution in [0.25, 0.3) is 0 Å². The quantitative estimate of drug-likeness (QED) is 0.815. The zero-order valence-corrected chi connectivity index (χ0v) is 11.6. The van der Waals surface area contributed by atoms with Gasteiger partial charge in [-0.25, -0.2) is 0 Å². The van der Waals surface area contributed by atoms with Gasteiger partial charge in [0.05, 0.1) is 18.1 Å². The molecule has 0 spiro atoms. The molecule has 19 heavy (non-hydrogen) atoms. The summed E-state index contributed by atoms with van der Waals surface area (Å²) in [5, 5.41) is 9.34. The highest BCUT2D eigenvalue weighted by Gasteiger charge is 2.22. The van der Waals surface area contributed by atoms with E-state index in [2.05, 4.69) is 11.0 Å². The summed E-state index contributed by atoms with van der Waals surface area (Å²) in [6, 6.07) is 12.5. The Morgan fingerprint density at radius 2 is 2.00 bits per heavy atom. The van der Waals surface area contributed by atoms with E-state index in [0.29, 0.717) is 6.10 Å². The molecule has 1 aliphatic heterocycles. The van der Waals surface area contributed by atoms with Crippen LogP contribution in [0.15, 0.2) is 30.3 Å². The smallest absolute Gasteiger partial charge is 0.0839 e. The van der Waals surface area contributed by atoms with E-state index in [0.717, 1.165) is 44.6 Å². The second kappa shape index (κ2) is 7.28. The lowest BCUT2D eigenvalue weighted by Gasteiger charge is -2.32. The van der Waals surface area contributed by atoms with Crippen molar-refractivity contribution in [3.8, 4) is 6.07 Å². The summed E-state index contributed by atoms with van der Waals surface area (Å²) in [5.41, 5.74) is 1.12. The molecule has 1 aliphatic rings. The Balaban J connectivity index is 1.86. The number of hydrogen-bond acceptors (Lipinski definition) is 3. The largest absolute Gasteiger partial charge is 0.378 e. The van der Waals surface area contributed by atoms with Crippen molar-refractivity contribution >= 4 is 0 Å². The Morgan fingerprint density at radius 1 is 1.32 bits per heavy atom. The van der Waals surface area contributed by atoms with Gasteiger partial charge in [-0.2, -0.15) is 5.26 Å². The van der Waals surface area contributed by atoms with Crippen LogP contribution in [0.4, 0.5) is 0 Å². The molecule has 1 fully saturated rings. The molecule has 1 saturated heterocycles. The predicted octanol–water partition coefficient (Wildman–Crippen LogP) is 2.79. The van der Waals surface area contributed by atoms with Crippen LogP contribution in [0.5, 0.6) is 0 Å². The molecule has 102 valence electrons. The van der Waals surface area contributed by atoms with Gasteiger partial charge in [0.1, 0.15) is 0 Å². The summed E-state index contributed by atoms with van der Waals surface area (Å²) in [6.07, 6.45) is 2.58. The van der Waals surface area contributed by atoms with Crippen LogP contribution in [-0.2, 0) is 4.74 Å². The lowest BCUT2D eigenvalue weighted by molar-refractivity contribution is 0.0139. The maximum atomic E-state index is 9.34. The molecule has 0 bridgehead atoms. The number of nitriles is 1. The van der Waals surface area contributed by atoms with E-state index in [1.165, 1.54) is 0 Å². The highest BCUT2D eigenvalue weighted by atomic mass is 16.5. The summed E-state index contributed by atoms with van der Waals surface area (Å²) in [4.78, 5) is 2.39. The van der Waals surface area contributed by atoms with Crippen molar-refractivity contribution in [3.63, 3.8) is 0 Å². The van der Waals surface area contributed by atoms with Gasteiger partial charge >= 0.3 is 0 Å². The molecule has 1 heterocycles. The molecule has 1 atom stereocenters. The minimum Gasteiger partial charge on any atom is -0.378 e. The van der Waals surface area contributed by atoms with Crippen LogP contribution in [0.3, 0.4) is 0 Å². The molecule has 0 saturated carbocycles. The maximum absolute atomic E-state index is 9.34. The average Bonchev–Trinajstić information content (AvgIpc) is 2.48. The second-order valence-electron chi connectivity index (χ2n) is 5.05. The van der Waals surface area contributed by atoms with E-state index in [9.17, 15) is 5.26 Å². The molecule has 0 N–H and O–H groups in total. The summed E-state index contributed by atoms with van der Waals surface area (Å²) >= 11 is 0. The number of piperidine rings is 1. The van der Waals surface area contributed by atoms with Crippen LogP contribution in [0, 0.1) is 11.3 Å². The molecule has 0 amide bonds. The topological polar surface area (TPSA) is 36.3 Å². The van der Waals surface area contributed by atoms with Crippen molar-refractivity contribution in [2.45, 2.75) is 31.8 Å². The summed E-state index contributed by atoms with van der Waals surface area (Å²) in [6.45, 7) is 5.76. The molecule has 0 radical (unpaired) electrons. The van der Waals surface area contributed by atoms with E-state index in [4.69, 9.17) is 4.74 Å². The van der Waals surface area contributed by atoms with Crippen LogP contribution in [0.1, 0.15) is 31.2 Å². The maximum Gasteiger partial charge on any atom is 0.0839 e. The molecule has 1 aromatic rings. The minimum absolute atomic E-state index is 0.0233. The third-order valence-corrected chi connectivity index (χ3v) is 3.74. The molecule has 1 aromatic carbocycles. The first-order valence-corrected chi connectivity index (χ1v) is 7.12. The van der Waals surface area contributed by atoms with Crippen LogP contribution in [0.2, 0.25) is 0 Å². The van der Waals surface area contributed by atoms with Crippen molar-refractivity contribution < 1.29 is 4.74 Å². The SMILES string of the molecule is CCOC1CCN(CC(C#N)c2ccccc2)CC1. The molecule has 3 heteroatoms. The first-order chi connectivity index (χ1) is 9.33. The molecule has 0 aliphatic carbocycles. The fourth-order valence-electron chi connectivity index (χ4n) is 2.66. The Kier molecular flexibility index (Phi) is 5.38. The lowest BCUT2D eigenvalue weighted by Crippen LogP contribution is -2.39. The van der Waals surface area contributed by atoms with Gasteiger partial charge < -0.3 is 9.64 Å². The van der Waals surface area contributed by atoms with Gasteiger partial charge in [0.25, 0.3) is 0 Å². The van der Waals surface area contributed by atoms with Gasteiger partial charge in [0.2, 0.25) is 0 Å². The molecular weight excluding hydrogens is 236 g/mol. The molecule has 2 rings (SSSR count). The van der Waals surface area contributed by atoms with Crippen molar-refractivity contribution in [2.75, 3.05) is 26.2 Å². The van der Waals surface area contributed by atoms with E-state index >= 15 is 0 Å².